The second-order valence-corrected chi connectivity index (χ2v) is 3.91. The van der Waals surface area contributed by atoms with Crippen molar-refractivity contribution in [2.75, 3.05) is 0 Å². The highest BCUT2D eigenvalue weighted by molar-refractivity contribution is 9.10. The summed E-state index contributed by atoms with van der Waals surface area (Å²) in [6, 6.07) is 6.25. The quantitative estimate of drug-likeness (QED) is 0.909. The van der Waals surface area contributed by atoms with Crippen molar-refractivity contribution >= 4 is 15.9 Å². The molecule has 0 bridgehead atoms. The van der Waals surface area contributed by atoms with Crippen LogP contribution in [0.15, 0.2) is 34.9 Å². The lowest BCUT2D eigenvalue weighted by atomic mass is 10.3. The van der Waals surface area contributed by atoms with Gasteiger partial charge in [-0.15, -0.1) is 0 Å². The molecule has 0 spiro atoms. The molecule has 0 atom stereocenters. The summed E-state index contributed by atoms with van der Waals surface area (Å²) in [5, 5.41) is 4.20. The fourth-order valence-electron chi connectivity index (χ4n) is 1.27. The number of nitrogens with zero attached hydrogens (tertiary/aromatic N) is 2. The van der Waals surface area contributed by atoms with Gasteiger partial charge in [0.1, 0.15) is 5.82 Å². The number of hydrogen-bond acceptors (Lipinski definition) is 2. The molecule has 0 aliphatic rings. The van der Waals surface area contributed by atoms with Crippen molar-refractivity contribution in [3.05, 3.63) is 46.4 Å². The van der Waals surface area contributed by atoms with E-state index in [2.05, 4.69) is 21.0 Å². The van der Waals surface area contributed by atoms with E-state index in [1.165, 1.54) is 12.1 Å². The molecule has 0 radical (unpaired) electrons. The molecule has 1 heterocycles. The second-order valence-electron chi connectivity index (χ2n) is 3.05. The predicted molar refractivity (Wildman–Crippen MR) is 59.1 cm³/mol. The number of halogens is 2. The van der Waals surface area contributed by atoms with Crippen molar-refractivity contribution in [2.24, 2.45) is 5.73 Å². The molecule has 15 heavy (non-hydrogen) atoms. The van der Waals surface area contributed by atoms with Gasteiger partial charge in [-0.05, 0) is 34.1 Å². The molecule has 2 rings (SSSR count). The largest absolute Gasteiger partial charge is 0.325 e. The maximum atomic E-state index is 13.0. The van der Waals surface area contributed by atoms with E-state index < -0.39 is 0 Å². The normalized spacial score (nSPS) is 10.6. The molecular formula is C10H9BrFN3. The van der Waals surface area contributed by atoms with Crippen LogP contribution >= 0.6 is 15.9 Å². The Morgan fingerprint density at radius 3 is 2.87 bits per heavy atom. The first-order valence-corrected chi connectivity index (χ1v) is 5.20. The van der Waals surface area contributed by atoms with Crippen LogP contribution in [0.2, 0.25) is 0 Å². The van der Waals surface area contributed by atoms with E-state index >= 15 is 0 Å². The van der Waals surface area contributed by atoms with Gasteiger partial charge in [-0.1, -0.05) is 0 Å². The Morgan fingerprint density at radius 1 is 1.40 bits per heavy atom. The molecule has 0 saturated heterocycles. The molecular weight excluding hydrogens is 261 g/mol. The second kappa shape index (κ2) is 4.12. The molecule has 1 aromatic carbocycles. The van der Waals surface area contributed by atoms with Crippen LogP contribution in [-0.4, -0.2) is 9.78 Å². The maximum absolute atomic E-state index is 13.0. The molecule has 0 fully saturated rings. The van der Waals surface area contributed by atoms with Crippen molar-refractivity contribution in [1.82, 2.24) is 9.78 Å². The Balaban J connectivity index is 2.48. The summed E-state index contributed by atoms with van der Waals surface area (Å²) in [5.74, 6) is -0.294. The highest BCUT2D eigenvalue weighted by Gasteiger charge is 2.05. The molecule has 0 amide bonds. The minimum absolute atomic E-state index is 0.294. The molecule has 3 nitrogen and oxygen atoms in total. The zero-order valence-corrected chi connectivity index (χ0v) is 9.41. The van der Waals surface area contributed by atoms with Crippen molar-refractivity contribution in [1.29, 1.82) is 0 Å². The van der Waals surface area contributed by atoms with Crippen LogP contribution in [-0.2, 0) is 6.54 Å². The van der Waals surface area contributed by atoms with Crippen LogP contribution in [0.1, 0.15) is 5.69 Å². The minimum Gasteiger partial charge on any atom is -0.325 e. The summed E-state index contributed by atoms with van der Waals surface area (Å²) in [7, 11) is 0. The Morgan fingerprint density at radius 2 is 2.20 bits per heavy atom. The van der Waals surface area contributed by atoms with Gasteiger partial charge >= 0.3 is 0 Å². The number of aromatic nitrogens is 2. The van der Waals surface area contributed by atoms with Gasteiger partial charge in [-0.2, -0.15) is 5.10 Å². The maximum Gasteiger partial charge on any atom is 0.125 e. The van der Waals surface area contributed by atoms with Gasteiger partial charge < -0.3 is 5.73 Å². The highest BCUT2D eigenvalue weighted by atomic mass is 79.9. The lowest BCUT2D eigenvalue weighted by Crippen LogP contribution is -2.01. The van der Waals surface area contributed by atoms with E-state index in [1.54, 1.807) is 23.0 Å². The molecule has 5 heteroatoms. The summed E-state index contributed by atoms with van der Waals surface area (Å²) in [6.45, 7) is 0.375. The van der Waals surface area contributed by atoms with Gasteiger partial charge in [0.15, 0.2) is 0 Å². The predicted octanol–water partition coefficient (Wildman–Crippen LogP) is 2.23. The number of benzene rings is 1. The molecule has 1 aromatic heterocycles. The summed E-state index contributed by atoms with van der Waals surface area (Å²) >= 11 is 3.34. The molecule has 0 unspecified atom stereocenters. The van der Waals surface area contributed by atoms with Gasteiger partial charge in [-0.3, -0.25) is 0 Å². The fraction of sp³-hybridized carbons (Fsp3) is 0.100. The van der Waals surface area contributed by atoms with Crippen molar-refractivity contribution in [3.8, 4) is 5.69 Å². The van der Waals surface area contributed by atoms with Crippen LogP contribution < -0.4 is 5.73 Å². The summed E-state index contributed by atoms with van der Waals surface area (Å²) < 4.78 is 15.4. The lowest BCUT2D eigenvalue weighted by Gasteiger charge is -2.04. The van der Waals surface area contributed by atoms with E-state index in [0.29, 0.717) is 12.2 Å². The van der Waals surface area contributed by atoms with Crippen LogP contribution in [0.3, 0.4) is 0 Å². The standard InChI is InChI=1S/C10H9BrFN3/c11-9-2-1-7(12)5-10(9)15-4-3-8(6-13)14-15/h1-5H,6,13H2. The zero-order valence-electron chi connectivity index (χ0n) is 7.82. The van der Waals surface area contributed by atoms with Gasteiger partial charge in [-0.25, -0.2) is 9.07 Å². The third kappa shape index (κ3) is 2.08. The Labute approximate surface area is 94.8 Å². The Hall–Kier alpha value is -1.20. The molecule has 0 aliphatic heterocycles. The van der Waals surface area contributed by atoms with Gasteiger partial charge in [0.25, 0.3) is 0 Å². The molecule has 2 aromatic rings. The average molecular weight is 270 g/mol. The van der Waals surface area contributed by atoms with E-state index in [1.807, 2.05) is 0 Å². The summed E-state index contributed by atoms with van der Waals surface area (Å²) in [5.41, 5.74) is 6.88. The third-order valence-corrected chi connectivity index (χ3v) is 2.68. The SMILES string of the molecule is NCc1ccn(-c2cc(F)ccc2Br)n1. The van der Waals surface area contributed by atoms with Gasteiger partial charge in [0, 0.05) is 23.3 Å². The van der Waals surface area contributed by atoms with E-state index in [0.717, 1.165) is 10.2 Å². The van der Waals surface area contributed by atoms with E-state index in [9.17, 15) is 4.39 Å². The molecule has 0 aliphatic carbocycles. The van der Waals surface area contributed by atoms with Crippen LogP contribution in [0.25, 0.3) is 5.69 Å². The highest BCUT2D eigenvalue weighted by Crippen LogP contribution is 2.21. The van der Waals surface area contributed by atoms with Crippen LogP contribution in [0.4, 0.5) is 4.39 Å². The van der Waals surface area contributed by atoms with Crippen molar-refractivity contribution in [2.45, 2.75) is 6.54 Å². The number of hydrogen-bond donors (Lipinski definition) is 1. The smallest absolute Gasteiger partial charge is 0.125 e. The summed E-state index contributed by atoms with van der Waals surface area (Å²) in [6.07, 6.45) is 1.75. The summed E-state index contributed by atoms with van der Waals surface area (Å²) in [4.78, 5) is 0. The zero-order chi connectivity index (χ0) is 10.8. The first-order chi connectivity index (χ1) is 7.20. The first kappa shape index (κ1) is 10.3. The third-order valence-electron chi connectivity index (χ3n) is 2.01. The number of nitrogens with two attached hydrogens (primary N) is 1. The lowest BCUT2D eigenvalue weighted by molar-refractivity contribution is 0.624. The molecule has 0 saturated carbocycles. The fourth-order valence-corrected chi connectivity index (χ4v) is 1.69. The topological polar surface area (TPSA) is 43.8 Å². The van der Waals surface area contributed by atoms with Crippen molar-refractivity contribution in [3.63, 3.8) is 0 Å². The van der Waals surface area contributed by atoms with Crippen molar-refractivity contribution < 1.29 is 4.39 Å². The molecule has 78 valence electrons. The van der Waals surface area contributed by atoms with Crippen LogP contribution in [0.5, 0.6) is 0 Å². The average Bonchev–Trinajstić information content (AvgIpc) is 2.70. The first-order valence-electron chi connectivity index (χ1n) is 4.41. The Bertz CT molecular complexity index is 481. The Kier molecular flexibility index (Phi) is 2.83. The monoisotopic (exact) mass is 269 g/mol. The molecule has 2 N–H and O–H groups in total. The number of rotatable bonds is 2. The van der Waals surface area contributed by atoms with E-state index in [-0.39, 0.29) is 5.82 Å². The minimum atomic E-state index is -0.294. The van der Waals surface area contributed by atoms with E-state index in [4.69, 9.17) is 5.73 Å². The van der Waals surface area contributed by atoms with Gasteiger partial charge in [0.2, 0.25) is 0 Å². The van der Waals surface area contributed by atoms with Gasteiger partial charge in [0.05, 0.1) is 11.4 Å². The van der Waals surface area contributed by atoms with Crippen LogP contribution in [0, 0.1) is 5.82 Å².